The van der Waals surface area contributed by atoms with Crippen LogP contribution in [0.4, 0.5) is 18.0 Å². The van der Waals surface area contributed by atoms with E-state index >= 15 is 0 Å². The van der Waals surface area contributed by atoms with E-state index in [9.17, 15) is 18.0 Å². The average molecular weight is 314 g/mol. The fraction of sp³-hybridized carbons (Fsp3) is 0.562. The Bertz CT molecular complexity index is 508. The molecule has 0 radical (unpaired) electrons. The van der Waals surface area contributed by atoms with E-state index in [4.69, 9.17) is 0 Å². The maximum Gasteiger partial charge on any atom is 0.416 e. The Labute approximate surface area is 128 Å². The zero-order valence-corrected chi connectivity index (χ0v) is 12.6. The SMILES string of the molecule is CC(NC(=O)N1CCCCCC1)c1cccc(C(F)(F)F)c1. The summed E-state index contributed by atoms with van der Waals surface area (Å²) >= 11 is 0. The number of amides is 2. The maximum absolute atomic E-state index is 12.7. The number of hydrogen-bond donors (Lipinski definition) is 1. The second kappa shape index (κ2) is 7.03. The number of carbonyl (C=O) groups is 1. The third-order valence-corrected chi connectivity index (χ3v) is 3.95. The van der Waals surface area contributed by atoms with Gasteiger partial charge < -0.3 is 10.2 Å². The summed E-state index contributed by atoms with van der Waals surface area (Å²) in [6.45, 7) is 3.12. The third-order valence-electron chi connectivity index (χ3n) is 3.95. The van der Waals surface area contributed by atoms with E-state index in [2.05, 4.69) is 5.32 Å². The van der Waals surface area contributed by atoms with Gasteiger partial charge in [-0.2, -0.15) is 13.2 Å². The molecule has 1 aromatic carbocycles. The number of benzene rings is 1. The molecule has 2 amide bonds. The first kappa shape index (κ1) is 16.6. The molecule has 1 heterocycles. The van der Waals surface area contributed by atoms with Gasteiger partial charge in [-0.3, -0.25) is 0 Å². The highest BCUT2D eigenvalue weighted by molar-refractivity contribution is 5.74. The highest BCUT2D eigenvalue weighted by Crippen LogP contribution is 2.30. The van der Waals surface area contributed by atoms with Crippen LogP contribution in [0.25, 0.3) is 0 Å². The van der Waals surface area contributed by atoms with Crippen molar-refractivity contribution in [3.05, 3.63) is 35.4 Å². The summed E-state index contributed by atoms with van der Waals surface area (Å²) in [5.74, 6) is 0. The molecule has 1 fully saturated rings. The molecule has 1 aromatic rings. The molecule has 2 rings (SSSR count). The number of alkyl halides is 3. The molecular formula is C16H21F3N2O. The van der Waals surface area contributed by atoms with Crippen LogP contribution < -0.4 is 5.32 Å². The molecule has 1 aliphatic rings. The zero-order chi connectivity index (χ0) is 16.2. The van der Waals surface area contributed by atoms with Crippen LogP contribution in [-0.2, 0) is 6.18 Å². The normalized spacial score (nSPS) is 17.7. The molecule has 1 N–H and O–H groups in total. The Balaban J connectivity index is 2.02. The van der Waals surface area contributed by atoms with Gasteiger partial charge in [-0.25, -0.2) is 4.79 Å². The maximum atomic E-state index is 12.7. The number of rotatable bonds is 2. The smallest absolute Gasteiger partial charge is 0.331 e. The van der Waals surface area contributed by atoms with Crippen molar-refractivity contribution in [2.24, 2.45) is 0 Å². The summed E-state index contributed by atoms with van der Waals surface area (Å²) in [6, 6.07) is 4.43. The standard InChI is InChI=1S/C16H21F3N2O/c1-12(13-7-6-8-14(11-13)16(17,18)19)20-15(22)21-9-4-2-3-5-10-21/h6-8,11-12H,2-5,9-10H2,1H3,(H,20,22). The highest BCUT2D eigenvalue weighted by Gasteiger charge is 2.30. The van der Waals surface area contributed by atoms with E-state index in [1.807, 2.05) is 0 Å². The molecule has 0 spiro atoms. The number of nitrogens with zero attached hydrogens (tertiary/aromatic N) is 1. The van der Waals surface area contributed by atoms with E-state index in [0.717, 1.165) is 37.8 Å². The first-order valence-electron chi connectivity index (χ1n) is 7.60. The number of carbonyl (C=O) groups excluding carboxylic acids is 1. The van der Waals surface area contributed by atoms with Crippen LogP contribution in [0, 0.1) is 0 Å². The lowest BCUT2D eigenvalue weighted by atomic mass is 10.1. The van der Waals surface area contributed by atoms with E-state index < -0.39 is 17.8 Å². The molecule has 6 heteroatoms. The molecule has 1 saturated heterocycles. The highest BCUT2D eigenvalue weighted by atomic mass is 19.4. The van der Waals surface area contributed by atoms with Gasteiger partial charge in [0.15, 0.2) is 0 Å². The number of likely N-dealkylation sites (tertiary alicyclic amines) is 1. The lowest BCUT2D eigenvalue weighted by molar-refractivity contribution is -0.137. The molecule has 22 heavy (non-hydrogen) atoms. The Hall–Kier alpha value is -1.72. The van der Waals surface area contributed by atoms with Crippen molar-refractivity contribution in [2.45, 2.75) is 44.8 Å². The van der Waals surface area contributed by atoms with Crippen LogP contribution in [0.3, 0.4) is 0 Å². The summed E-state index contributed by atoms with van der Waals surface area (Å²) < 4.78 is 38.2. The van der Waals surface area contributed by atoms with Gasteiger partial charge in [-0.1, -0.05) is 25.0 Å². The summed E-state index contributed by atoms with van der Waals surface area (Å²) in [5, 5.41) is 2.79. The summed E-state index contributed by atoms with van der Waals surface area (Å²) in [4.78, 5) is 14.0. The topological polar surface area (TPSA) is 32.3 Å². The predicted octanol–water partition coefficient (Wildman–Crippen LogP) is 4.35. The minimum absolute atomic E-state index is 0.202. The molecule has 122 valence electrons. The number of halogens is 3. The van der Waals surface area contributed by atoms with E-state index in [1.54, 1.807) is 17.9 Å². The monoisotopic (exact) mass is 314 g/mol. The lowest BCUT2D eigenvalue weighted by Gasteiger charge is -2.24. The van der Waals surface area contributed by atoms with Gasteiger partial charge in [-0.05, 0) is 37.5 Å². The van der Waals surface area contributed by atoms with Crippen LogP contribution in [0.1, 0.15) is 49.8 Å². The zero-order valence-electron chi connectivity index (χ0n) is 12.6. The van der Waals surface area contributed by atoms with Gasteiger partial charge in [0.25, 0.3) is 0 Å². The molecule has 3 nitrogen and oxygen atoms in total. The minimum atomic E-state index is -4.37. The average Bonchev–Trinajstić information content (AvgIpc) is 2.75. The Morgan fingerprint density at radius 3 is 2.41 bits per heavy atom. The molecule has 0 aliphatic carbocycles. The fourth-order valence-corrected chi connectivity index (χ4v) is 2.62. The second-order valence-corrected chi connectivity index (χ2v) is 5.70. The molecule has 1 aliphatic heterocycles. The van der Waals surface area contributed by atoms with Crippen molar-refractivity contribution in [1.29, 1.82) is 0 Å². The first-order valence-corrected chi connectivity index (χ1v) is 7.60. The van der Waals surface area contributed by atoms with Gasteiger partial charge in [0.05, 0.1) is 11.6 Å². The quantitative estimate of drug-likeness (QED) is 0.864. The molecular weight excluding hydrogens is 293 g/mol. The van der Waals surface area contributed by atoms with Crippen LogP contribution >= 0.6 is 0 Å². The summed E-state index contributed by atoms with van der Waals surface area (Å²) in [7, 11) is 0. The van der Waals surface area contributed by atoms with Crippen molar-refractivity contribution >= 4 is 6.03 Å². The Morgan fingerprint density at radius 1 is 1.18 bits per heavy atom. The van der Waals surface area contributed by atoms with Crippen LogP contribution in [0.5, 0.6) is 0 Å². The van der Waals surface area contributed by atoms with Gasteiger partial charge in [0, 0.05) is 13.1 Å². The van der Waals surface area contributed by atoms with Crippen molar-refractivity contribution < 1.29 is 18.0 Å². The largest absolute Gasteiger partial charge is 0.416 e. The molecule has 1 atom stereocenters. The van der Waals surface area contributed by atoms with Gasteiger partial charge >= 0.3 is 12.2 Å². The summed E-state index contributed by atoms with van der Waals surface area (Å²) in [5.41, 5.74) is -0.237. The van der Waals surface area contributed by atoms with E-state index in [0.29, 0.717) is 18.7 Å². The third kappa shape index (κ3) is 4.39. The van der Waals surface area contributed by atoms with Gasteiger partial charge in [0.2, 0.25) is 0 Å². The van der Waals surface area contributed by atoms with Gasteiger partial charge in [0.1, 0.15) is 0 Å². The fourth-order valence-electron chi connectivity index (χ4n) is 2.62. The predicted molar refractivity (Wildman–Crippen MR) is 78.4 cm³/mol. The van der Waals surface area contributed by atoms with Crippen molar-refractivity contribution in [2.75, 3.05) is 13.1 Å². The lowest BCUT2D eigenvalue weighted by Crippen LogP contribution is -2.41. The van der Waals surface area contributed by atoms with Crippen LogP contribution in [0.2, 0.25) is 0 Å². The van der Waals surface area contributed by atoms with Crippen molar-refractivity contribution in [1.82, 2.24) is 10.2 Å². The van der Waals surface area contributed by atoms with Crippen molar-refractivity contribution in [3.8, 4) is 0 Å². The first-order chi connectivity index (χ1) is 10.4. The van der Waals surface area contributed by atoms with Crippen molar-refractivity contribution in [3.63, 3.8) is 0 Å². The van der Waals surface area contributed by atoms with E-state index in [-0.39, 0.29) is 6.03 Å². The molecule has 0 bridgehead atoms. The number of hydrogen-bond acceptors (Lipinski definition) is 1. The van der Waals surface area contributed by atoms with Crippen LogP contribution in [0.15, 0.2) is 24.3 Å². The van der Waals surface area contributed by atoms with Crippen LogP contribution in [-0.4, -0.2) is 24.0 Å². The van der Waals surface area contributed by atoms with E-state index in [1.165, 1.54) is 6.07 Å². The number of nitrogens with one attached hydrogen (secondary N) is 1. The molecule has 0 aromatic heterocycles. The minimum Gasteiger partial charge on any atom is -0.331 e. The molecule has 1 unspecified atom stereocenters. The Kier molecular flexibility index (Phi) is 5.32. The Morgan fingerprint density at radius 2 is 1.82 bits per heavy atom. The van der Waals surface area contributed by atoms with Gasteiger partial charge in [-0.15, -0.1) is 0 Å². The second-order valence-electron chi connectivity index (χ2n) is 5.70. The summed E-state index contributed by atoms with van der Waals surface area (Å²) in [6.07, 6.45) is -0.179. The number of urea groups is 1. The molecule has 0 saturated carbocycles.